The number of carboxylic acid groups (broad SMARTS) is 1. The molecule has 27 heavy (non-hydrogen) atoms. The Morgan fingerprint density at radius 1 is 1.22 bits per heavy atom. The number of nitrogens with one attached hydrogen (secondary N) is 1. The van der Waals surface area contributed by atoms with Crippen molar-refractivity contribution < 1.29 is 24.2 Å². The van der Waals surface area contributed by atoms with Gasteiger partial charge in [0.1, 0.15) is 5.00 Å². The number of anilines is 1. The lowest BCUT2D eigenvalue weighted by Gasteiger charge is -2.23. The molecule has 1 aliphatic carbocycles. The second-order valence-electron chi connectivity index (χ2n) is 7.76. The summed E-state index contributed by atoms with van der Waals surface area (Å²) in [7, 11) is 0. The highest BCUT2D eigenvalue weighted by Gasteiger charge is 2.55. The van der Waals surface area contributed by atoms with Crippen molar-refractivity contribution in [3.05, 3.63) is 16.0 Å². The van der Waals surface area contributed by atoms with Gasteiger partial charge >= 0.3 is 5.97 Å². The molecular weight excluding hydrogens is 368 g/mol. The Hall–Kier alpha value is -1.93. The molecule has 3 aliphatic rings. The molecular formula is C19H24N2O5S. The Kier molecular flexibility index (Phi) is 4.71. The van der Waals surface area contributed by atoms with Gasteiger partial charge in [0.2, 0.25) is 5.91 Å². The van der Waals surface area contributed by atoms with Gasteiger partial charge in [-0.1, -0.05) is 13.3 Å². The van der Waals surface area contributed by atoms with Gasteiger partial charge in [-0.25, -0.2) is 0 Å². The highest BCUT2D eigenvalue weighted by Crippen LogP contribution is 2.45. The number of carboxylic acids is 1. The second-order valence-corrected chi connectivity index (χ2v) is 8.86. The van der Waals surface area contributed by atoms with E-state index in [4.69, 9.17) is 10.5 Å². The summed E-state index contributed by atoms with van der Waals surface area (Å²) in [6, 6.07) is 0. The fourth-order valence-electron chi connectivity index (χ4n) is 4.87. The first-order valence-electron chi connectivity index (χ1n) is 9.54. The third-order valence-electron chi connectivity index (χ3n) is 6.29. The number of carbonyl (C=O) groups is 3. The van der Waals surface area contributed by atoms with Crippen LogP contribution < -0.4 is 11.1 Å². The van der Waals surface area contributed by atoms with Crippen LogP contribution >= 0.6 is 11.3 Å². The maximum Gasteiger partial charge on any atom is 0.310 e. The van der Waals surface area contributed by atoms with Crippen LogP contribution in [0.4, 0.5) is 5.00 Å². The largest absolute Gasteiger partial charge is 0.481 e. The van der Waals surface area contributed by atoms with Crippen LogP contribution in [0.25, 0.3) is 0 Å². The number of hydrogen-bond acceptors (Lipinski definition) is 5. The molecule has 0 unspecified atom stereocenters. The first-order valence-corrected chi connectivity index (χ1v) is 10.4. The summed E-state index contributed by atoms with van der Waals surface area (Å²) in [5.41, 5.74) is 6.96. The van der Waals surface area contributed by atoms with E-state index < -0.39 is 29.8 Å². The SMILES string of the molecule is CC[C@@H]1CCc2c(sc(NC(=O)[C@@H]3[C@@H](C(=O)O)[C@@H]4CC[C@@H]3O4)c2C(N)=O)C1. The predicted molar refractivity (Wildman–Crippen MR) is 99.8 cm³/mol. The number of amides is 2. The highest BCUT2D eigenvalue weighted by molar-refractivity contribution is 7.17. The molecule has 2 fully saturated rings. The number of primary amides is 1. The summed E-state index contributed by atoms with van der Waals surface area (Å²) in [5, 5.41) is 12.8. The molecule has 1 aromatic rings. The summed E-state index contributed by atoms with van der Waals surface area (Å²) in [6.07, 6.45) is 4.35. The second kappa shape index (κ2) is 6.91. The number of thiophene rings is 1. The van der Waals surface area contributed by atoms with Crippen molar-refractivity contribution >= 4 is 34.1 Å². The minimum atomic E-state index is -1.01. The molecule has 146 valence electrons. The van der Waals surface area contributed by atoms with Gasteiger partial charge in [0.25, 0.3) is 5.91 Å². The number of fused-ring (bicyclic) bond motifs is 3. The molecule has 8 heteroatoms. The van der Waals surface area contributed by atoms with Crippen molar-refractivity contribution in [2.45, 2.75) is 57.7 Å². The van der Waals surface area contributed by atoms with Crippen molar-refractivity contribution in [1.82, 2.24) is 0 Å². The third-order valence-corrected chi connectivity index (χ3v) is 7.46. The van der Waals surface area contributed by atoms with E-state index in [2.05, 4.69) is 12.2 Å². The quantitative estimate of drug-likeness (QED) is 0.710. The van der Waals surface area contributed by atoms with Gasteiger partial charge < -0.3 is 20.9 Å². The lowest BCUT2D eigenvalue weighted by Crippen LogP contribution is -2.41. The van der Waals surface area contributed by atoms with E-state index in [9.17, 15) is 19.5 Å². The first kappa shape index (κ1) is 18.4. The zero-order valence-electron chi connectivity index (χ0n) is 15.2. The van der Waals surface area contributed by atoms with Crippen LogP contribution in [0.3, 0.4) is 0 Å². The smallest absolute Gasteiger partial charge is 0.310 e. The van der Waals surface area contributed by atoms with Crippen LogP contribution in [-0.2, 0) is 27.2 Å². The van der Waals surface area contributed by atoms with E-state index in [-0.39, 0.29) is 12.0 Å². The number of nitrogens with two attached hydrogens (primary N) is 1. The van der Waals surface area contributed by atoms with E-state index in [0.29, 0.717) is 29.3 Å². The lowest BCUT2D eigenvalue weighted by molar-refractivity contribution is -0.147. The Bertz CT molecular complexity index is 804. The van der Waals surface area contributed by atoms with Crippen molar-refractivity contribution in [3.8, 4) is 0 Å². The van der Waals surface area contributed by atoms with E-state index in [1.54, 1.807) is 0 Å². The molecule has 0 radical (unpaired) electrons. The van der Waals surface area contributed by atoms with Crippen LogP contribution in [-0.4, -0.2) is 35.1 Å². The Balaban J connectivity index is 1.61. The van der Waals surface area contributed by atoms with Crippen molar-refractivity contribution in [2.24, 2.45) is 23.5 Å². The average molecular weight is 392 g/mol. The van der Waals surface area contributed by atoms with Crippen LogP contribution in [0.15, 0.2) is 0 Å². The Morgan fingerprint density at radius 3 is 2.56 bits per heavy atom. The van der Waals surface area contributed by atoms with Gasteiger partial charge in [-0.05, 0) is 43.6 Å². The predicted octanol–water partition coefficient (Wildman–Crippen LogP) is 2.18. The number of carbonyl (C=O) groups excluding carboxylic acids is 2. The molecule has 0 saturated carbocycles. The van der Waals surface area contributed by atoms with Gasteiger partial charge in [0.15, 0.2) is 0 Å². The number of hydrogen-bond donors (Lipinski definition) is 3. The summed E-state index contributed by atoms with van der Waals surface area (Å²) in [6.45, 7) is 2.15. The normalized spacial score (nSPS) is 31.5. The summed E-state index contributed by atoms with van der Waals surface area (Å²) >= 11 is 1.41. The zero-order valence-corrected chi connectivity index (χ0v) is 16.0. The van der Waals surface area contributed by atoms with Crippen molar-refractivity contribution in [1.29, 1.82) is 0 Å². The number of rotatable bonds is 5. The molecule has 7 nitrogen and oxygen atoms in total. The number of aliphatic carboxylic acids is 1. The minimum absolute atomic E-state index is 0.368. The molecule has 3 heterocycles. The standard InChI is InChI=1S/C19H24N2O5S/c1-2-8-3-4-9-12(7-8)27-18(13(9)16(20)22)21-17(23)14-10-5-6-11(26-10)15(14)19(24)25/h8,10-11,14-15H,2-7H2,1H3,(H2,20,22)(H,21,23)(H,24,25)/t8-,10+,11+,14+,15+/m1/s1. The zero-order chi connectivity index (χ0) is 19.3. The Labute approximate surface area is 161 Å². The number of ether oxygens (including phenoxy) is 1. The molecule has 2 aliphatic heterocycles. The molecule has 2 bridgehead atoms. The summed E-state index contributed by atoms with van der Waals surface area (Å²) in [5.74, 6) is -2.92. The van der Waals surface area contributed by atoms with Crippen molar-refractivity contribution in [2.75, 3.05) is 5.32 Å². The van der Waals surface area contributed by atoms with Crippen LogP contribution in [0, 0.1) is 17.8 Å². The van der Waals surface area contributed by atoms with E-state index in [1.165, 1.54) is 11.3 Å². The topological polar surface area (TPSA) is 119 Å². The van der Waals surface area contributed by atoms with Gasteiger partial charge in [0, 0.05) is 4.88 Å². The van der Waals surface area contributed by atoms with Crippen molar-refractivity contribution in [3.63, 3.8) is 0 Å². The van der Waals surface area contributed by atoms with Gasteiger partial charge in [-0.3, -0.25) is 14.4 Å². The molecule has 5 atom stereocenters. The molecule has 2 amide bonds. The fourth-order valence-corrected chi connectivity index (χ4v) is 6.24. The molecule has 0 aromatic carbocycles. The van der Waals surface area contributed by atoms with E-state index >= 15 is 0 Å². The van der Waals surface area contributed by atoms with Crippen LogP contribution in [0.1, 0.15) is 53.4 Å². The summed E-state index contributed by atoms with van der Waals surface area (Å²) < 4.78 is 5.68. The fraction of sp³-hybridized carbons (Fsp3) is 0.632. The third kappa shape index (κ3) is 3.04. The lowest BCUT2D eigenvalue weighted by atomic mass is 9.78. The maximum absolute atomic E-state index is 12.9. The first-order chi connectivity index (χ1) is 12.9. The minimum Gasteiger partial charge on any atom is -0.481 e. The molecule has 2 saturated heterocycles. The van der Waals surface area contributed by atoms with Gasteiger partial charge in [0.05, 0.1) is 29.6 Å². The molecule has 1 aromatic heterocycles. The molecule has 4 N–H and O–H groups in total. The van der Waals surface area contributed by atoms with E-state index in [1.807, 2.05) is 0 Å². The maximum atomic E-state index is 12.9. The highest BCUT2D eigenvalue weighted by atomic mass is 32.1. The van der Waals surface area contributed by atoms with E-state index in [0.717, 1.165) is 36.1 Å². The van der Waals surface area contributed by atoms with Gasteiger partial charge in [-0.2, -0.15) is 0 Å². The average Bonchev–Trinajstić information content (AvgIpc) is 3.32. The molecule has 4 rings (SSSR count). The molecule has 0 spiro atoms. The monoisotopic (exact) mass is 392 g/mol. The Morgan fingerprint density at radius 2 is 1.93 bits per heavy atom. The summed E-state index contributed by atoms with van der Waals surface area (Å²) in [4.78, 5) is 37.7. The van der Waals surface area contributed by atoms with Crippen LogP contribution in [0.2, 0.25) is 0 Å². The van der Waals surface area contributed by atoms with Crippen LogP contribution in [0.5, 0.6) is 0 Å². The van der Waals surface area contributed by atoms with Gasteiger partial charge in [-0.15, -0.1) is 11.3 Å².